The van der Waals surface area contributed by atoms with Crippen LogP contribution in [-0.2, 0) is 0 Å². The Kier molecular flexibility index (Phi) is 3.70. The van der Waals surface area contributed by atoms with E-state index in [9.17, 15) is 0 Å². The average Bonchev–Trinajstić information content (AvgIpc) is 2.80. The van der Waals surface area contributed by atoms with Gasteiger partial charge in [0, 0.05) is 33.8 Å². The normalized spacial score (nSPS) is 12.6. The summed E-state index contributed by atoms with van der Waals surface area (Å²) >= 11 is 1.77. The minimum Gasteiger partial charge on any atom is -0.323 e. The molecule has 1 atom stereocenters. The summed E-state index contributed by atoms with van der Waals surface area (Å²) in [7, 11) is 0. The molecule has 0 aliphatic heterocycles. The molecule has 0 aliphatic carbocycles. The van der Waals surface area contributed by atoms with Gasteiger partial charge in [-0.05, 0) is 24.6 Å². The Bertz CT molecular complexity index is 436. The van der Waals surface area contributed by atoms with E-state index >= 15 is 0 Å². The number of pyridine rings is 1. The second-order valence-corrected chi connectivity index (χ2v) is 4.95. The minimum atomic E-state index is 0.181. The van der Waals surface area contributed by atoms with Gasteiger partial charge < -0.3 is 5.73 Å². The van der Waals surface area contributed by atoms with Crippen molar-refractivity contribution >= 4 is 11.3 Å². The summed E-state index contributed by atoms with van der Waals surface area (Å²) in [4.78, 5) is 6.64. The van der Waals surface area contributed by atoms with Crippen LogP contribution < -0.4 is 5.73 Å². The smallest absolute Gasteiger partial charge is 0.0389 e. The van der Waals surface area contributed by atoms with Gasteiger partial charge in [0.05, 0.1) is 0 Å². The van der Waals surface area contributed by atoms with Crippen molar-refractivity contribution in [1.29, 1.82) is 0 Å². The molecule has 0 amide bonds. The molecule has 0 spiro atoms. The largest absolute Gasteiger partial charge is 0.323 e. The van der Waals surface area contributed by atoms with Crippen molar-refractivity contribution in [3.8, 4) is 10.4 Å². The Hall–Kier alpha value is -1.19. The zero-order valence-electron chi connectivity index (χ0n) is 9.39. The number of nitrogens with two attached hydrogens (primary N) is 1. The predicted octanol–water partition coefficient (Wildman–Crippen LogP) is 3.61. The highest BCUT2D eigenvalue weighted by Gasteiger charge is 2.09. The number of rotatable bonds is 4. The number of thiophene rings is 1. The van der Waals surface area contributed by atoms with Crippen LogP contribution in [0.3, 0.4) is 0 Å². The summed E-state index contributed by atoms with van der Waals surface area (Å²) in [5.41, 5.74) is 7.26. The molecule has 2 aromatic rings. The standard InChI is InChI=1S/C13H16N2S/c1-2-4-11(14)13-7-6-12(16-13)10-5-3-8-15-9-10/h3,5-9,11H,2,4,14H2,1H3. The lowest BCUT2D eigenvalue weighted by atomic mass is 10.1. The van der Waals surface area contributed by atoms with E-state index in [1.807, 2.05) is 12.3 Å². The molecule has 2 N–H and O–H groups in total. The van der Waals surface area contributed by atoms with Crippen molar-refractivity contribution in [2.24, 2.45) is 5.73 Å². The SMILES string of the molecule is CCCC(N)c1ccc(-c2cccnc2)s1. The number of aromatic nitrogens is 1. The van der Waals surface area contributed by atoms with Gasteiger partial charge in [-0.15, -0.1) is 11.3 Å². The van der Waals surface area contributed by atoms with Crippen LogP contribution in [0.4, 0.5) is 0 Å². The summed E-state index contributed by atoms with van der Waals surface area (Å²) in [6, 6.07) is 8.48. The van der Waals surface area contributed by atoms with Crippen LogP contribution in [0, 0.1) is 0 Å². The Balaban J connectivity index is 2.20. The highest BCUT2D eigenvalue weighted by Crippen LogP contribution is 2.31. The maximum atomic E-state index is 6.09. The first-order valence-corrected chi connectivity index (χ1v) is 6.38. The molecular weight excluding hydrogens is 216 g/mol. The highest BCUT2D eigenvalue weighted by atomic mass is 32.1. The van der Waals surface area contributed by atoms with Crippen LogP contribution in [0.15, 0.2) is 36.7 Å². The fraction of sp³-hybridized carbons (Fsp3) is 0.308. The molecule has 0 bridgehead atoms. The van der Waals surface area contributed by atoms with Crippen molar-refractivity contribution in [3.05, 3.63) is 41.5 Å². The maximum absolute atomic E-state index is 6.09. The van der Waals surface area contributed by atoms with E-state index in [0.29, 0.717) is 0 Å². The molecule has 0 radical (unpaired) electrons. The van der Waals surface area contributed by atoms with Gasteiger partial charge in [-0.25, -0.2) is 0 Å². The third-order valence-electron chi connectivity index (χ3n) is 2.54. The zero-order chi connectivity index (χ0) is 11.4. The molecular formula is C13H16N2S. The molecule has 2 nitrogen and oxygen atoms in total. The molecule has 2 rings (SSSR count). The van der Waals surface area contributed by atoms with Gasteiger partial charge >= 0.3 is 0 Å². The van der Waals surface area contributed by atoms with Crippen molar-refractivity contribution in [2.45, 2.75) is 25.8 Å². The number of nitrogens with zero attached hydrogens (tertiary/aromatic N) is 1. The first-order valence-electron chi connectivity index (χ1n) is 5.57. The Morgan fingerprint density at radius 3 is 2.94 bits per heavy atom. The monoisotopic (exact) mass is 232 g/mol. The Morgan fingerprint density at radius 2 is 2.25 bits per heavy atom. The van der Waals surface area contributed by atoms with Crippen LogP contribution >= 0.6 is 11.3 Å². The second-order valence-electron chi connectivity index (χ2n) is 3.84. The van der Waals surface area contributed by atoms with Crippen LogP contribution in [0.5, 0.6) is 0 Å². The molecule has 0 saturated carbocycles. The van der Waals surface area contributed by atoms with Crippen molar-refractivity contribution in [1.82, 2.24) is 4.98 Å². The lowest BCUT2D eigenvalue weighted by molar-refractivity contribution is 0.648. The fourth-order valence-electron chi connectivity index (χ4n) is 1.67. The topological polar surface area (TPSA) is 38.9 Å². The lowest BCUT2D eigenvalue weighted by Gasteiger charge is -2.06. The summed E-state index contributed by atoms with van der Waals surface area (Å²) in [5, 5.41) is 0. The van der Waals surface area contributed by atoms with Crippen LogP contribution in [0.2, 0.25) is 0 Å². The van der Waals surface area contributed by atoms with E-state index < -0.39 is 0 Å². The number of hydrogen-bond donors (Lipinski definition) is 1. The third-order valence-corrected chi connectivity index (χ3v) is 3.80. The van der Waals surface area contributed by atoms with Gasteiger partial charge in [-0.1, -0.05) is 19.4 Å². The molecule has 16 heavy (non-hydrogen) atoms. The number of hydrogen-bond acceptors (Lipinski definition) is 3. The summed E-state index contributed by atoms with van der Waals surface area (Å²) in [6.45, 7) is 2.16. The lowest BCUT2D eigenvalue weighted by Crippen LogP contribution is -2.07. The van der Waals surface area contributed by atoms with Crippen molar-refractivity contribution in [2.75, 3.05) is 0 Å². The minimum absolute atomic E-state index is 0.181. The molecule has 2 aromatic heterocycles. The van der Waals surface area contributed by atoms with Crippen molar-refractivity contribution < 1.29 is 0 Å². The van der Waals surface area contributed by atoms with Gasteiger partial charge in [0.2, 0.25) is 0 Å². The van der Waals surface area contributed by atoms with Gasteiger partial charge in [-0.2, -0.15) is 0 Å². The average molecular weight is 232 g/mol. The van der Waals surface area contributed by atoms with E-state index in [-0.39, 0.29) is 6.04 Å². The van der Waals surface area contributed by atoms with E-state index in [4.69, 9.17) is 5.73 Å². The second kappa shape index (κ2) is 5.23. The molecule has 0 aliphatic rings. The molecule has 84 valence electrons. The van der Waals surface area contributed by atoms with Gasteiger partial charge in [0.15, 0.2) is 0 Å². The maximum Gasteiger partial charge on any atom is 0.0389 e. The van der Waals surface area contributed by atoms with Gasteiger partial charge in [-0.3, -0.25) is 4.98 Å². The Morgan fingerprint density at radius 1 is 1.38 bits per heavy atom. The van der Waals surface area contributed by atoms with Crippen LogP contribution in [-0.4, -0.2) is 4.98 Å². The summed E-state index contributed by atoms with van der Waals surface area (Å²) in [6.07, 6.45) is 5.86. The fourth-order valence-corrected chi connectivity index (χ4v) is 2.70. The first kappa shape index (κ1) is 11.3. The Labute approximate surface area is 100 Å². The van der Waals surface area contributed by atoms with Gasteiger partial charge in [0.1, 0.15) is 0 Å². The van der Waals surface area contributed by atoms with E-state index in [0.717, 1.165) is 12.8 Å². The van der Waals surface area contributed by atoms with Gasteiger partial charge in [0.25, 0.3) is 0 Å². The predicted molar refractivity (Wildman–Crippen MR) is 69.4 cm³/mol. The summed E-state index contributed by atoms with van der Waals surface area (Å²) < 4.78 is 0. The molecule has 0 fully saturated rings. The molecule has 2 heterocycles. The summed E-state index contributed by atoms with van der Waals surface area (Å²) in [5.74, 6) is 0. The molecule has 3 heteroatoms. The van der Waals surface area contributed by atoms with E-state index in [2.05, 4.69) is 30.1 Å². The highest BCUT2D eigenvalue weighted by molar-refractivity contribution is 7.15. The quantitative estimate of drug-likeness (QED) is 0.874. The van der Waals surface area contributed by atoms with Crippen LogP contribution in [0.1, 0.15) is 30.7 Å². The van der Waals surface area contributed by atoms with E-state index in [1.165, 1.54) is 15.3 Å². The first-order chi connectivity index (χ1) is 7.81. The molecule has 1 unspecified atom stereocenters. The molecule has 0 aromatic carbocycles. The van der Waals surface area contributed by atoms with E-state index in [1.54, 1.807) is 17.5 Å². The zero-order valence-corrected chi connectivity index (χ0v) is 10.2. The molecule has 0 saturated heterocycles. The third kappa shape index (κ3) is 2.49. The van der Waals surface area contributed by atoms with Crippen LogP contribution in [0.25, 0.3) is 10.4 Å². The van der Waals surface area contributed by atoms with Crippen molar-refractivity contribution in [3.63, 3.8) is 0 Å².